The second kappa shape index (κ2) is 9.57. The van der Waals surface area contributed by atoms with Crippen LogP contribution < -0.4 is 9.47 Å². The van der Waals surface area contributed by atoms with Crippen LogP contribution in [0.2, 0.25) is 0 Å². The lowest BCUT2D eigenvalue weighted by Gasteiger charge is -2.23. The molecule has 2 heterocycles. The van der Waals surface area contributed by atoms with Crippen LogP contribution >= 0.6 is 0 Å². The zero-order valence-electron chi connectivity index (χ0n) is 18.2. The third kappa shape index (κ3) is 5.04. The van der Waals surface area contributed by atoms with Crippen molar-refractivity contribution >= 4 is 5.91 Å². The van der Waals surface area contributed by atoms with Crippen LogP contribution in [-0.4, -0.2) is 22.6 Å². The number of ether oxygens (including phenoxy) is 2. The summed E-state index contributed by atoms with van der Waals surface area (Å²) in [5, 5.41) is 0. The third-order valence-corrected chi connectivity index (χ3v) is 5.68. The summed E-state index contributed by atoms with van der Waals surface area (Å²) in [4.78, 5) is 19.4. The Balaban J connectivity index is 1.34. The molecule has 164 valence electrons. The molecule has 4 aromatic rings. The zero-order valence-corrected chi connectivity index (χ0v) is 18.2. The van der Waals surface area contributed by atoms with Crippen molar-refractivity contribution in [3.8, 4) is 22.6 Å². The maximum absolute atomic E-state index is 13.3. The molecule has 0 unspecified atom stereocenters. The van der Waals surface area contributed by atoms with Crippen molar-refractivity contribution < 1.29 is 14.3 Å². The number of rotatable bonds is 7. The topological polar surface area (TPSA) is 51.7 Å². The normalized spacial score (nSPS) is 11.9. The van der Waals surface area contributed by atoms with E-state index < -0.39 is 0 Å². The molecule has 5 nitrogen and oxygen atoms in total. The molecule has 0 radical (unpaired) electrons. The highest BCUT2D eigenvalue weighted by Gasteiger charge is 2.18. The van der Waals surface area contributed by atoms with Gasteiger partial charge in [0.1, 0.15) is 0 Å². The number of fused-ring (bicyclic) bond motifs is 1. The predicted molar refractivity (Wildman–Crippen MR) is 127 cm³/mol. The van der Waals surface area contributed by atoms with Crippen molar-refractivity contribution in [2.75, 3.05) is 6.79 Å². The minimum absolute atomic E-state index is 0.0462. The molecule has 0 saturated heterocycles. The maximum Gasteiger partial charge on any atom is 0.231 e. The number of nitrogens with zero attached hydrogens (tertiary/aromatic N) is 2. The monoisotopic (exact) mass is 436 g/mol. The van der Waals surface area contributed by atoms with Gasteiger partial charge in [-0.2, -0.15) is 0 Å². The Labute approximate surface area is 193 Å². The fraction of sp³-hybridized carbons (Fsp3) is 0.143. The molecule has 1 amide bonds. The summed E-state index contributed by atoms with van der Waals surface area (Å²) in [7, 11) is 0. The second-order valence-corrected chi connectivity index (χ2v) is 8.04. The number of aromatic nitrogens is 1. The third-order valence-electron chi connectivity index (χ3n) is 5.68. The minimum atomic E-state index is 0.0462. The summed E-state index contributed by atoms with van der Waals surface area (Å²) in [5.74, 6) is 1.46. The first-order chi connectivity index (χ1) is 16.2. The predicted octanol–water partition coefficient (Wildman–Crippen LogP) is 5.25. The molecule has 0 fully saturated rings. The molecule has 5 rings (SSSR count). The summed E-state index contributed by atoms with van der Waals surface area (Å²) in [6, 6.07) is 28.2. The largest absolute Gasteiger partial charge is 0.454 e. The Morgan fingerprint density at radius 3 is 2.27 bits per heavy atom. The van der Waals surface area contributed by atoms with Gasteiger partial charge in [-0.05, 0) is 46.0 Å². The van der Waals surface area contributed by atoms with Gasteiger partial charge < -0.3 is 14.4 Å². The highest BCUT2D eigenvalue weighted by molar-refractivity contribution is 5.79. The van der Waals surface area contributed by atoms with Gasteiger partial charge in [0.25, 0.3) is 0 Å². The van der Waals surface area contributed by atoms with Crippen molar-refractivity contribution in [3.63, 3.8) is 0 Å². The number of benzene rings is 3. The van der Waals surface area contributed by atoms with Crippen LogP contribution in [0.1, 0.15) is 16.7 Å². The quantitative estimate of drug-likeness (QED) is 0.397. The second-order valence-electron chi connectivity index (χ2n) is 8.04. The van der Waals surface area contributed by atoms with Crippen molar-refractivity contribution in [3.05, 3.63) is 114 Å². The van der Waals surface area contributed by atoms with Gasteiger partial charge in [0.05, 0.1) is 6.42 Å². The van der Waals surface area contributed by atoms with Gasteiger partial charge in [0, 0.05) is 25.5 Å². The van der Waals surface area contributed by atoms with Crippen molar-refractivity contribution in [2.45, 2.75) is 19.5 Å². The average molecular weight is 437 g/mol. The molecule has 1 aliphatic heterocycles. The molecular formula is C28H24N2O3. The van der Waals surface area contributed by atoms with Gasteiger partial charge in [-0.25, -0.2) is 0 Å². The van der Waals surface area contributed by atoms with E-state index in [4.69, 9.17) is 9.47 Å². The number of hydrogen-bond donors (Lipinski definition) is 0. The Hall–Kier alpha value is -4.12. The fourth-order valence-electron chi connectivity index (χ4n) is 3.94. The standard InChI is InChI=1S/C28H24N2O3/c31-28(16-22-10-13-26-27(15-22)33-20-32-26)30(19-23-5-4-14-29-17-23)18-21-8-11-25(12-9-21)24-6-2-1-3-7-24/h1-15,17H,16,18-20H2. The molecule has 0 spiro atoms. The molecule has 1 aromatic heterocycles. The molecule has 3 aromatic carbocycles. The van der Waals surface area contributed by atoms with Gasteiger partial charge in [-0.15, -0.1) is 0 Å². The number of hydrogen-bond acceptors (Lipinski definition) is 4. The van der Waals surface area contributed by atoms with Crippen molar-refractivity contribution in [2.24, 2.45) is 0 Å². The van der Waals surface area contributed by atoms with E-state index in [0.29, 0.717) is 25.3 Å². The Morgan fingerprint density at radius 1 is 0.758 bits per heavy atom. The van der Waals surface area contributed by atoms with E-state index in [0.717, 1.165) is 28.0 Å². The van der Waals surface area contributed by atoms with Gasteiger partial charge in [0.15, 0.2) is 11.5 Å². The lowest BCUT2D eigenvalue weighted by molar-refractivity contribution is -0.131. The Bertz CT molecular complexity index is 1230. The molecule has 0 atom stereocenters. The first-order valence-electron chi connectivity index (χ1n) is 10.9. The summed E-state index contributed by atoms with van der Waals surface area (Å²) >= 11 is 0. The summed E-state index contributed by atoms with van der Waals surface area (Å²) in [6.45, 7) is 1.24. The van der Waals surface area contributed by atoms with Crippen LogP contribution in [0, 0.1) is 0 Å². The van der Waals surface area contributed by atoms with E-state index in [-0.39, 0.29) is 12.7 Å². The summed E-state index contributed by atoms with van der Waals surface area (Å²) in [5.41, 5.74) is 5.31. The minimum Gasteiger partial charge on any atom is -0.454 e. The molecule has 0 aliphatic carbocycles. The van der Waals surface area contributed by atoms with Gasteiger partial charge >= 0.3 is 0 Å². The Morgan fingerprint density at radius 2 is 1.48 bits per heavy atom. The molecule has 0 bridgehead atoms. The smallest absolute Gasteiger partial charge is 0.231 e. The van der Waals surface area contributed by atoms with Crippen molar-refractivity contribution in [1.82, 2.24) is 9.88 Å². The van der Waals surface area contributed by atoms with Gasteiger partial charge in [-0.1, -0.05) is 66.7 Å². The first-order valence-corrected chi connectivity index (χ1v) is 10.9. The molecule has 1 aliphatic rings. The van der Waals surface area contributed by atoms with Crippen LogP contribution in [0.3, 0.4) is 0 Å². The first kappa shape index (κ1) is 20.8. The summed E-state index contributed by atoms with van der Waals surface area (Å²) in [6.07, 6.45) is 3.84. The van der Waals surface area contributed by atoms with E-state index in [2.05, 4.69) is 41.4 Å². The van der Waals surface area contributed by atoms with E-state index >= 15 is 0 Å². The SMILES string of the molecule is O=C(Cc1ccc2c(c1)OCO2)N(Cc1ccc(-c2ccccc2)cc1)Cc1cccnc1. The van der Waals surface area contributed by atoms with E-state index in [9.17, 15) is 4.79 Å². The highest BCUT2D eigenvalue weighted by atomic mass is 16.7. The Kier molecular flexibility index (Phi) is 6.02. The van der Waals surface area contributed by atoms with E-state index in [1.807, 2.05) is 53.4 Å². The van der Waals surface area contributed by atoms with Crippen LogP contribution in [0.15, 0.2) is 97.3 Å². The number of amides is 1. The highest BCUT2D eigenvalue weighted by Crippen LogP contribution is 2.32. The molecule has 33 heavy (non-hydrogen) atoms. The fourth-order valence-corrected chi connectivity index (χ4v) is 3.94. The lowest BCUT2D eigenvalue weighted by atomic mass is 10.0. The molecule has 5 heteroatoms. The van der Waals surface area contributed by atoms with Crippen LogP contribution in [-0.2, 0) is 24.3 Å². The average Bonchev–Trinajstić information content (AvgIpc) is 3.33. The van der Waals surface area contributed by atoms with Crippen LogP contribution in [0.4, 0.5) is 0 Å². The molecule has 0 N–H and O–H groups in total. The number of pyridine rings is 1. The molecule has 0 saturated carbocycles. The maximum atomic E-state index is 13.3. The van der Waals surface area contributed by atoms with Crippen LogP contribution in [0.25, 0.3) is 11.1 Å². The van der Waals surface area contributed by atoms with Crippen molar-refractivity contribution in [1.29, 1.82) is 0 Å². The van der Waals surface area contributed by atoms with Gasteiger partial charge in [0.2, 0.25) is 12.7 Å². The molecular weight excluding hydrogens is 412 g/mol. The summed E-state index contributed by atoms with van der Waals surface area (Å²) < 4.78 is 10.8. The number of carbonyl (C=O) groups excluding carboxylic acids is 1. The van der Waals surface area contributed by atoms with Gasteiger partial charge in [-0.3, -0.25) is 9.78 Å². The number of carbonyl (C=O) groups is 1. The van der Waals surface area contributed by atoms with Crippen LogP contribution in [0.5, 0.6) is 11.5 Å². The van der Waals surface area contributed by atoms with E-state index in [1.54, 1.807) is 12.4 Å². The zero-order chi connectivity index (χ0) is 22.5. The van der Waals surface area contributed by atoms with E-state index in [1.165, 1.54) is 5.56 Å². The lowest BCUT2D eigenvalue weighted by Crippen LogP contribution is -2.31.